The average Bonchev–Trinajstić information content (AvgIpc) is 2.68. The number of rotatable bonds is 3. The van der Waals surface area contributed by atoms with E-state index in [1.807, 2.05) is 0 Å². The van der Waals surface area contributed by atoms with Gasteiger partial charge in [-0.05, 0) is 19.8 Å². The molecule has 1 aromatic rings. The summed E-state index contributed by atoms with van der Waals surface area (Å²) in [7, 11) is 0. The Morgan fingerprint density at radius 2 is 2.12 bits per heavy atom. The summed E-state index contributed by atoms with van der Waals surface area (Å²) in [6.07, 6.45) is 5.39. The first kappa shape index (κ1) is 11.3. The van der Waals surface area contributed by atoms with E-state index in [1.165, 1.54) is 6.33 Å². The second-order valence-electron chi connectivity index (χ2n) is 4.44. The molecule has 0 unspecified atom stereocenters. The predicted molar refractivity (Wildman–Crippen MR) is 57.6 cm³/mol. The van der Waals surface area contributed by atoms with Gasteiger partial charge < -0.3 is 10.5 Å². The van der Waals surface area contributed by atoms with Crippen molar-refractivity contribution in [1.82, 2.24) is 9.97 Å². The number of hydrogen-bond donors (Lipinski definition) is 1. The van der Waals surface area contributed by atoms with Crippen molar-refractivity contribution in [3.05, 3.63) is 17.8 Å². The molecule has 0 saturated heterocycles. The van der Waals surface area contributed by atoms with Gasteiger partial charge in [-0.1, -0.05) is 12.8 Å². The van der Waals surface area contributed by atoms with E-state index in [4.69, 9.17) is 10.5 Å². The topological polar surface area (TPSA) is 61.0 Å². The Balaban J connectivity index is 2.02. The van der Waals surface area contributed by atoms with Crippen LogP contribution in [0.5, 0.6) is 5.88 Å². The van der Waals surface area contributed by atoms with Gasteiger partial charge in [-0.15, -0.1) is 0 Å². The second-order valence-corrected chi connectivity index (χ2v) is 4.44. The van der Waals surface area contributed by atoms with Gasteiger partial charge in [0.2, 0.25) is 5.82 Å². The number of aromatic nitrogens is 2. The number of halogens is 1. The van der Waals surface area contributed by atoms with Gasteiger partial charge in [0, 0.05) is 0 Å². The van der Waals surface area contributed by atoms with Gasteiger partial charge in [0.05, 0.1) is 11.2 Å². The Morgan fingerprint density at radius 1 is 1.44 bits per heavy atom. The SMILES string of the molecule is Cc1ncnc(OCC2(N)CCCC2)c1F. The van der Waals surface area contributed by atoms with E-state index in [0.29, 0.717) is 12.3 Å². The zero-order chi connectivity index (χ0) is 11.6. The van der Waals surface area contributed by atoms with E-state index >= 15 is 0 Å². The van der Waals surface area contributed by atoms with Crippen molar-refractivity contribution in [3.63, 3.8) is 0 Å². The molecule has 4 nitrogen and oxygen atoms in total. The van der Waals surface area contributed by atoms with Crippen LogP contribution in [0.2, 0.25) is 0 Å². The Hall–Kier alpha value is -1.23. The molecule has 2 N–H and O–H groups in total. The van der Waals surface area contributed by atoms with E-state index in [9.17, 15) is 4.39 Å². The number of hydrogen-bond acceptors (Lipinski definition) is 4. The average molecular weight is 225 g/mol. The molecule has 1 aliphatic rings. The monoisotopic (exact) mass is 225 g/mol. The highest BCUT2D eigenvalue weighted by Gasteiger charge is 2.30. The first-order chi connectivity index (χ1) is 7.61. The first-order valence-electron chi connectivity index (χ1n) is 5.49. The highest BCUT2D eigenvalue weighted by molar-refractivity contribution is 5.16. The van der Waals surface area contributed by atoms with Gasteiger partial charge in [-0.2, -0.15) is 9.37 Å². The molecule has 5 heteroatoms. The van der Waals surface area contributed by atoms with Crippen LogP contribution in [-0.4, -0.2) is 22.1 Å². The Kier molecular flexibility index (Phi) is 3.05. The zero-order valence-electron chi connectivity index (χ0n) is 9.37. The second kappa shape index (κ2) is 4.33. The molecule has 1 aliphatic carbocycles. The fraction of sp³-hybridized carbons (Fsp3) is 0.636. The maximum atomic E-state index is 13.5. The van der Waals surface area contributed by atoms with E-state index in [2.05, 4.69) is 9.97 Å². The van der Waals surface area contributed by atoms with Crippen molar-refractivity contribution in [3.8, 4) is 5.88 Å². The van der Waals surface area contributed by atoms with Crippen molar-refractivity contribution < 1.29 is 9.13 Å². The Bertz CT molecular complexity index is 377. The predicted octanol–water partition coefficient (Wildman–Crippen LogP) is 1.57. The van der Waals surface area contributed by atoms with E-state index in [0.717, 1.165) is 25.7 Å². The fourth-order valence-electron chi connectivity index (χ4n) is 1.97. The van der Waals surface area contributed by atoms with E-state index < -0.39 is 5.82 Å². The van der Waals surface area contributed by atoms with Crippen molar-refractivity contribution in [2.24, 2.45) is 5.73 Å². The smallest absolute Gasteiger partial charge is 0.253 e. The Morgan fingerprint density at radius 3 is 2.81 bits per heavy atom. The van der Waals surface area contributed by atoms with Crippen LogP contribution in [0.1, 0.15) is 31.4 Å². The minimum atomic E-state index is -0.496. The van der Waals surface area contributed by atoms with Gasteiger partial charge in [0.1, 0.15) is 12.9 Å². The standard InChI is InChI=1S/C11H16FN3O/c1-8-9(12)10(15-7-14-8)16-6-11(13)4-2-3-5-11/h7H,2-6,13H2,1H3. The molecule has 0 amide bonds. The van der Waals surface area contributed by atoms with Gasteiger partial charge in [0.15, 0.2) is 0 Å². The van der Waals surface area contributed by atoms with Gasteiger partial charge in [-0.25, -0.2) is 4.98 Å². The van der Waals surface area contributed by atoms with Gasteiger partial charge in [-0.3, -0.25) is 0 Å². The molecule has 0 bridgehead atoms. The van der Waals surface area contributed by atoms with Crippen LogP contribution < -0.4 is 10.5 Å². The van der Waals surface area contributed by atoms with Crippen LogP contribution >= 0.6 is 0 Å². The van der Waals surface area contributed by atoms with Crippen molar-refractivity contribution in [1.29, 1.82) is 0 Å². The van der Waals surface area contributed by atoms with Crippen molar-refractivity contribution in [2.75, 3.05) is 6.61 Å². The van der Waals surface area contributed by atoms with E-state index in [-0.39, 0.29) is 11.4 Å². The summed E-state index contributed by atoms with van der Waals surface area (Å²) in [5.41, 5.74) is 6.08. The van der Waals surface area contributed by atoms with E-state index in [1.54, 1.807) is 6.92 Å². The maximum absolute atomic E-state index is 13.5. The lowest BCUT2D eigenvalue weighted by Crippen LogP contribution is -2.42. The normalized spacial score (nSPS) is 18.7. The number of nitrogens with two attached hydrogens (primary N) is 1. The fourth-order valence-corrected chi connectivity index (χ4v) is 1.97. The molecule has 16 heavy (non-hydrogen) atoms. The van der Waals surface area contributed by atoms with Crippen LogP contribution in [0.3, 0.4) is 0 Å². The quantitative estimate of drug-likeness (QED) is 0.848. The lowest BCUT2D eigenvalue weighted by atomic mass is 10.0. The summed E-state index contributed by atoms with van der Waals surface area (Å²) >= 11 is 0. The summed E-state index contributed by atoms with van der Waals surface area (Å²) in [5.74, 6) is -0.492. The summed E-state index contributed by atoms with van der Waals surface area (Å²) in [6.45, 7) is 1.90. The molecule has 2 rings (SSSR count). The lowest BCUT2D eigenvalue weighted by Gasteiger charge is -2.23. The van der Waals surface area contributed by atoms with Gasteiger partial charge >= 0.3 is 0 Å². The van der Waals surface area contributed by atoms with Crippen LogP contribution in [-0.2, 0) is 0 Å². The third-order valence-corrected chi connectivity index (χ3v) is 3.03. The molecule has 1 fully saturated rings. The zero-order valence-corrected chi connectivity index (χ0v) is 9.37. The lowest BCUT2D eigenvalue weighted by molar-refractivity contribution is 0.204. The molecule has 1 heterocycles. The number of nitrogens with zero attached hydrogens (tertiary/aromatic N) is 2. The maximum Gasteiger partial charge on any atom is 0.253 e. The molecule has 0 aliphatic heterocycles. The van der Waals surface area contributed by atoms with Crippen LogP contribution in [0.15, 0.2) is 6.33 Å². The highest BCUT2D eigenvalue weighted by Crippen LogP contribution is 2.28. The molecular weight excluding hydrogens is 209 g/mol. The summed E-state index contributed by atoms with van der Waals surface area (Å²) in [5, 5.41) is 0. The molecule has 0 atom stereocenters. The van der Waals surface area contributed by atoms with Gasteiger partial charge in [0.25, 0.3) is 5.88 Å². The minimum Gasteiger partial charge on any atom is -0.474 e. The van der Waals surface area contributed by atoms with Crippen LogP contribution in [0.25, 0.3) is 0 Å². The van der Waals surface area contributed by atoms with Crippen LogP contribution in [0.4, 0.5) is 4.39 Å². The van der Waals surface area contributed by atoms with Crippen LogP contribution in [0, 0.1) is 12.7 Å². The molecule has 88 valence electrons. The Labute approximate surface area is 94.0 Å². The van der Waals surface area contributed by atoms with Crippen molar-refractivity contribution >= 4 is 0 Å². The molecule has 0 radical (unpaired) electrons. The third kappa shape index (κ3) is 2.29. The molecule has 0 aromatic carbocycles. The minimum absolute atomic E-state index is 0.00391. The molecule has 0 spiro atoms. The molecular formula is C11H16FN3O. The molecule has 1 aromatic heterocycles. The number of ether oxygens (including phenoxy) is 1. The summed E-state index contributed by atoms with van der Waals surface area (Å²) in [6, 6.07) is 0. The summed E-state index contributed by atoms with van der Waals surface area (Å²) in [4.78, 5) is 7.51. The first-order valence-corrected chi connectivity index (χ1v) is 5.49. The third-order valence-electron chi connectivity index (χ3n) is 3.03. The largest absolute Gasteiger partial charge is 0.474 e. The number of aryl methyl sites for hydroxylation is 1. The molecule has 1 saturated carbocycles. The highest BCUT2D eigenvalue weighted by atomic mass is 19.1. The van der Waals surface area contributed by atoms with Crippen molar-refractivity contribution in [2.45, 2.75) is 38.1 Å². The summed E-state index contributed by atoms with van der Waals surface area (Å²) < 4.78 is 18.9.